The Morgan fingerprint density at radius 2 is 2.00 bits per heavy atom. The molecule has 1 fully saturated rings. The predicted molar refractivity (Wildman–Crippen MR) is 52.8 cm³/mol. The minimum Gasteiger partial charge on any atom is -0.454 e. The first kappa shape index (κ1) is 8.12. The quantitative estimate of drug-likeness (QED) is 0.725. The van der Waals surface area contributed by atoms with Gasteiger partial charge >= 0.3 is 0 Å². The van der Waals surface area contributed by atoms with E-state index in [-0.39, 0.29) is 5.41 Å². The molecule has 3 heteroatoms. The minimum absolute atomic E-state index is 0.279. The van der Waals surface area contributed by atoms with Gasteiger partial charge < -0.3 is 14.8 Å². The fourth-order valence-electron chi connectivity index (χ4n) is 1.98. The molecular weight excluding hydrogens is 178 g/mol. The molecule has 3 nitrogen and oxygen atoms in total. The standard InChI is InChI=1S/C11H13NO2/c1-11(5-12-6-11)8-2-3-9-10(4-8)14-7-13-9/h2-4,12H,5-7H2,1H3. The predicted octanol–water partition coefficient (Wildman–Crippen LogP) is 1.28. The molecule has 0 amide bonds. The summed E-state index contributed by atoms with van der Waals surface area (Å²) in [6.07, 6.45) is 0. The van der Waals surface area contributed by atoms with Gasteiger partial charge in [-0.15, -0.1) is 0 Å². The average molecular weight is 191 g/mol. The van der Waals surface area contributed by atoms with Crippen molar-refractivity contribution >= 4 is 0 Å². The second-order valence-electron chi connectivity index (χ2n) is 4.23. The molecule has 0 aromatic heterocycles. The van der Waals surface area contributed by atoms with Gasteiger partial charge in [-0.3, -0.25) is 0 Å². The van der Waals surface area contributed by atoms with Gasteiger partial charge in [0.25, 0.3) is 0 Å². The molecule has 1 N–H and O–H groups in total. The van der Waals surface area contributed by atoms with E-state index in [1.807, 2.05) is 6.07 Å². The summed E-state index contributed by atoms with van der Waals surface area (Å²) in [6.45, 7) is 4.72. The summed E-state index contributed by atoms with van der Waals surface area (Å²) in [4.78, 5) is 0. The zero-order valence-electron chi connectivity index (χ0n) is 8.17. The summed E-state index contributed by atoms with van der Waals surface area (Å²) in [5.41, 5.74) is 1.61. The van der Waals surface area contributed by atoms with Gasteiger partial charge in [0.15, 0.2) is 11.5 Å². The minimum atomic E-state index is 0.279. The first-order chi connectivity index (χ1) is 6.78. The maximum atomic E-state index is 5.36. The molecule has 1 saturated heterocycles. The molecule has 2 heterocycles. The van der Waals surface area contributed by atoms with Crippen molar-refractivity contribution in [3.8, 4) is 11.5 Å². The maximum Gasteiger partial charge on any atom is 0.231 e. The lowest BCUT2D eigenvalue weighted by Crippen LogP contribution is -2.54. The number of fused-ring (bicyclic) bond motifs is 1. The van der Waals surface area contributed by atoms with E-state index >= 15 is 0 Å². The number of ether oxygens (including phenoxy) is 2. The number of hydrogen-bond acceptors (Lipinski definition) is 3. The van der Waals surface area contributed by atoms with Crippen LogP contribution in [0, 0.1) is 0 Å². The Labute approximate surface area is 83.0 Å². The Balaban J connectivity index is 2.00. The summed E-state index contributed by atoms with van der Waals surface area (Å²) in [6, 6.07) is 6.23. The zero-order chi connectivity index (χ0) is 9.60. The lowest BCUT2D eigenvalue weighted by atomic mass is 9.77. The summed E-state index contributed by atoms with van der Waals surface area (Å²) in [5.74, 6) is 1.75. The van der Waals surface area contributed by atoms with E-state index in [1.54, 1.807) is 0 Å². The van der Waals surface area contributed by atoms with Crippen LogP contribution in [-0.2, 0) is 5.41 Å². The molecule has 0 atom stereocenters. The molecule has 3 rings (SSSR count). The van der Waals surface area contributed by atoms with E-state index in [9.17, 15) is 0 Å². The SMILES string of the molecule is CC1(c2ccc3c(c2)OCO3)CNC1. The lowest BCUT2D eigenvalue weighted by Gasteiger charge is -2.39. The molecule has 0 spiro atoms. The summed E-state index contributed by atoms with van der Waals surface area (Å²) in [5, 5.41) is 3.30. The second kappa shape index (κ2) is 2.64. The number of benzene rings is 1. The van der Waals surface area contributed by atoms with Crippen LogP contribution in [0.1, 0.15) is 12.5 Å². The van der Waals surface area contributed by atoms with E-state index in [0.717, 1.165) is 24.6 Å². The third-order valence-corrected chi connectivity index (χ3v) is 3.10. The molecule has 1 aromatic rings. The number of nitrogens with one attached hydrogen (secondary N) is 1. The molecule has 0 unspecified atom stereocenters. The highest BCUT2D eigenvalue weighted by Crippen LogP contribution is 2.37. The molecule has 0 aliphatic carbocycles. The molecule has 0 radical (unpaired) electrons. The van der Waals surface area contributed by atoms with Crippen molar-refractivity contribution in [2.24, 2.45) is 0 Å². The Morgan fingerprint density at radius 1 is 1.21 bits per heavy atom. The molecule has 2 aliphatic rings. The Kier molecular flexibility index (Phi) is 1.53. The molecule has 74 valence electrons. The molecule has 1 aromatic carbocycles. The van der Waals surface area contributed by atoms with Crippen molar-refractivity contribution in [3.63, 3.8) is 0 Å². The van der Waals surface area contributed by atoms with Crippen LogP contribution in [0.5, 0.6) is 11.5 Å². The van der Waals surface area contributed by atoms with Crippen LogP contribution in [0.4, 0.5) is 0 Å². The number of rotatable bonds is 1. The molecular formula is C11H13NO2. The molecule has 0 saturated carbocycles. The highest BCUT2D eigenvalue weighted by Gasteiger charge is 2.34. The van der Waals surface area contributed by atoms with Gasteiger partial charge in [-0.2, -0.15) is 0 Å². The fourth-order valence-corrected chi connectivity index (χ4v) is 1.98. The average Bonchev–Trinajstić information content (AvgIpc) is 2.60. The topological polar surface area (TPSA) is 30.5 Å². The Morgan fingerprint density at radius 3 is 2.71 bits per heavy atom. The van der Waals surface area contributed by atoms with Crippen molar-refractivity contribution in [1.82, 2.24) is 5.32 Å². The summed E-state index contributed by atoms with van der Waals surface area (Å²) >= 11 is 0. The highest BCUT2D eigenvalue weighted by molar-refractivity contribution is 5.47. The zero-order valence-corrected chi connectivity index (χ0v) is 8.17. The van der Waals surface area contributed by atoms with Crippen LogP contribution in [-0.4, -0.2) is 19.9 Å². The van der Waals surface area contributed by atoms with Crippen molar-refractivity contribution in [3.05, 3.63) is 23.8 Å². The largest absolute Gasteiger partial charge is 0.454 e. The first-order valence-corrected chi connectivity index (χ1v) is 4.89. The van der Waals surface area contributed by atoms with Crippen LogP contribution in [0.15, 0.2) is 18.2 Å². The normalized spacial score (nSPS) is 21.8. The van der Waals surface area contributed by atoms with Gasteiger partial charge in [0, 0.05) is 18.5 Å². The maximum absolute atomic E-state index is 5.36. The molecule has 2 aliphatic heterocycles. The van der Waals surface area contributed by atoms with Gasteiger partial charge in [-0.05, 0) is 17.7 Å². The van der Waals surface area contributed by atoms with Crippen LogP contribution in [0.2, 0.25) is 0 Å². The van der Waals surface area contributed by atoms with E-state index in [4.69, 9.17) is 9.47 Å². The van der Waals surface area contributed by atoms with Crippen molar-refractivity contribution in [2.45, 2.75) is 12.3 Å². The van der Waals surface area contributed by atoms with Crippen LogP contribution >= 0.6 is 0 Å². The van der Waals surface area contributed by atoms with E-state index in [0.29, 0.717) is 6.79 Å². The Hall–Kier alpha value is -1.22. The van der Waals surface area contributed by atoms with Crippen molar-refractivity contribution < 1.29 is 9.47 Å². The number of hydrogen-bond donors (Lipinski definition) is 1. The van der Waals surface area contributed by atoms with Gasteiger partial charge in [-0.1, -0.05) is 13.0 Å². The first-order valence-electron chi connectivity index (χ1n) is 4.89. The van der Waals surface area contributed by atoms with Gasteiger partial charge in [-0.25, -0.2) is 0 Å². The van der Waals surface area contributed by atoms with E-state index in [2.05, 4.69) is 24.4 Å². The Bertz CT molecular complexity index is 372. The van der Waals surface area contributed by atoms with E-state index in [1.165, 1.54) is 5.56 Å². The highest BCUT2D eigenvalue weighted by atomic mass is 16.7. The second-order valence-corrected chi connectivity index (χ2v) is 4.23. The smallest absolute Gasteiger partial charge is 0.231 e. The monoisotopic (exact) mass is 191 g/mol. The summed E-state index contributed by atoms with van der Waals surface area (Å²) in [7, 11) is 0. The van der Waals surface area contributed by atoms with Crippen LogP contribution in [0.25, 0.3) is 0 Å². The third kappa shape index (κ3) is 1.02. The lowest BCUT2D eigenvalue weighted by molar-refractivity contribution is 0.174. The molecule has 14 heavy (non-hydrogen) atoms. The van der Waals surface area contributed by atoms with Crippen LogP contribution < -0.4 is 14.8 Å². The van der Waals surface area contributed by atoms with Crippen LogP contribution in [0.3, 0.4) is 0 Å². The van der Waals surface area contributed by atoms with Gasteiger partial charge in [0.05, 0.1) is 0 Å². The summed E-state index contributed by atoms with van der Waals surface area (Å²) < 4.78 is 10.6. The molecule has 0 bridgehead atoms. The van der Waals surface area contributed by atoms with Gasteiger partial charge in [0.2, 0.25) is 6.79 Å². The third-order valence-electron chi connectivity index (χ3n) is 3.10. The van der Waals surface area contributed by atoms with Crippen molar-refractivity contribution in [2.75, 3.05) is 19.9 Å². The van der Waals surface area contributed by atoms with Crippen molar-refractivity contribution in [1.29, 1.82) is 0 Å². The van der Waals surface area contributed by atoms with Gasteiger partial charge in [0.1, 0.15) is 0 Å². The van der Waals surface area contributed by atoms with E-state index < -0.39 is 0 Å². The fraction of sp³-hybridized carbons (Fsp3) is 0.455.